The molecule has 1 aliphatic carbocycles. The van der Waals surface area contributed by atoms with Gasteiger partial charge in [0.25, 0.3) is 5.91 Å². The fraction of sp³-hybridized carbons (Fsp3) is 0.400. The minimum Gasteiger partial charge on any atom is -0.497 e. The number of methoxy groups -OCH3 is 2. The Balaban J connectivity index is 1.74. The van der Waals surface area contributed by atoms with Gasteiger partial charge in [0.1, 0.15) is 17.3 Å². The Morgan fingerprint density at radius 3 is 2.62 bits per heavy atom. The molecule has 0 atom stereocenters. The monoisotopic (exact) mass is 355 g/mol. The largest absolute Gasteiger partial charge is 0.497 e. The molecule has 1 saturated carbocycles. The molecule has 1 amide bonds. The van der Waals surface area contributed by atoms with Crippen LogP contribution in [0.1, 0.15) is 42.5 Å². The van der Waals surface area contributed by atoms with E-state index in [0.29, 0.717) is 22.9 Å². The highest BCUT2D eigenvalue weighted by Gasteiger charge is 2.17. The van der Waals surface area contributed by atoms with Crippen LogP contribution in [0.5, 0.6) is 11.5 Å². The van der Waals surface area contributed by atoms with Crippen molar-refractivity contribution in [3.63, 3.8) is 0 Å². The third-order valence-corrected chi connectivity index (χ3v) is 4.63. The van der Waals surface area contributed by atoms with E-state index in [9.17, 15) is 4.79 Å². The van der Waals surface area contributed by atoms with Crippen LogP contribution in [0.25, 0.3) is 0 Å². The molecule has 1 aliphatic rings. The third kappa shape index (κ3) is 4.45. The number of hydrogen-bond acceptors (Lipinski definition) is 5. The molecule has 0 radical (unpaired) electrons. The molecule has 1 fully saturated rings. The summed E-state index contributed by atoms with van der Waals surface area (Å²) < 4.78 is 10.6. The fourth-order valence-corrected chi connectivity index (χ4v) is 3.21. The standard InChI is InChI=1S/C20H25N3O3/c1-25-16-8-9-18(26-2)17(13-16)23-19-12-14(10-11-21-19)20(24)22-15-6-4-3-5-7-15/h8-13,15H,3-7H2,1-2H3,(H,21,23)(H,22,24). The third-order valence-electron chi connectivity index (χ3n) is 4.63. The van der Waals surface area contributed by atoms with E-state index in [0.717, 1.165) is 18.5 Å². The van der Waals surface area contributed by atoms with Crippen molar-refractivity contribution in [1.29, 1.82) is 0 Å². The Labute approximate surface area is 153 Å². The molecule has 2 aromatic rings. The second kappa shape index (κ2) is 8.56. The number of carbonyl (C=O) groups excluding carboxylic acids is 1. The molecule has 1 heterocycles. The first-order valence-corrected chi connectivity index (χ1v) is 8.95. The second-order valence-electron chi connectivity index (χ2n) is 6.43. The van der Waals surface area contributed by atoms with Gasteiger partial charge >= 0.3 is 0 Å². The van der Waals surface area contributed by atoms with Crippen molar-refractivity contribution in [3.05, 3.63) is 42.1 Å². The number of ether oxygens (including phenoxy) is 2. The summed E-state index contributed by atoms with van der Waals surface area (Å²) in [4.78, 5) is 16.8. The fourth-order valence-electron chi connectivity index (χ4n) is 3.21. The number of benzene rings is 1. The average molecular weight is 355 g/mol. The number of pyridine rings is 1. The van der Waals surface area contributed by atoms with E-state index in [1.165, 1.54) is 19.3 Å². The smallest absolute Gasteiger partial charge is 0.251 e. The van der Waals surface area contributed by atoms with Crippen LogP contribution in [0.2, 0.25) is 0 Å². The van der Waals surface area contributed by atoms with Gasteiger partial charge in [-0.05, 0) is 37.1 Å². The number of amides is 1. The molecule has 3 rings (SSSR count). The molecule has 1 aromatic carbocycles. The highest BCUT2D eigenvalue weighted by molar-refractivity contribution is 5.95. The second-order valence-corrected chi connectivity index (χ2v) is 6.43. The summed E-state index contributed by atoms with van der Waals surface area (Å²) in [5.74, 6) is 1.90. The van der Waals surface area contributed by atoms with Gasteiger partial charge in [-0.1, -0.05) is 19.3 Å². The number of aromatic nitrogens is 1. The van der Waals surface area contributed by atoms with Gasteiger partial charge in [0, 0.05) is 23.9 Å². The number of nitrogens with one attached hydrogen (secondary N) is 2. The van der Waals surface area contributed by atoms with Gasteiger partial charge in [0.05, 0.1) is 19.9 Å². The lowest BCUT2D eigenvalue weighted by atomic mass is 9.95. The molecule has 0 spiro atoms. The molecule has 0 aliphatic heterocycles. The van der Waals surface area contributed by atoms with Crippen molar-refractivity contribution >= 4 is 17.4 Å². The molecule has 26 heavy (non-hydrogen) atoms. The number of carbonyl (C=O) groups is 1. The topological polar surface area (TPSA) is 72.5 Å². The van der Waals surface area contributed by atoms with Crippen LogP contribution in [-0.4, -0.2) is 31.2 Å². The zero-order valence-electron chi connectivity index (χ0n) is 15.2. The Kier molecular flexibility index (Phi) is 5.94. The van der Waals surface area contributed by atoms with Crippen molar-refractivity contribution < 1.29 is 14.3 Å². The Morgan fingerprint density at radius 2 is 1.88 bits per heavy atom. The lowest BCUT2D eigenvalue weighted by Crippen LogP contribution is -2.36. The van der Waals surface area contributed by atoms with Gasteiger partial charge in [0.15, 0.2) is 0 Å². The minimum absolute atomic E-state index is 0.0556. The van der Waals surface area contributed by atoms with Crippen LogP contribution in [0.3, 0.4) is 0 Å². The summed E-state index contributed by atoms with van der Waals surface area (Å²) >= 11 is 0. The van der Waals surface area contributed by atoms with Crippen LogP contribution < -0.4 is 20.1 Å². The van der Waals surface area contributed by atoms with E-state index in [1.54, 1.807) is 32.5 Å². The van der Waals surface area contributed by atoms with Gasteiger partial charge in [-0.3, -0.25) is 4.79 Å². The zero-order chi connectivity index (χ0) is 18.4. The number of anilines is 2. The maximum Gasteiger partial charge on any atom is 0.251 e. The molecule has 0 unspecified atom stereocenters. The first-order valence-electron chi connectivity index (χ1n) is 8.95. The van der Waals surface area contributed by atoms with E-state index in [-0.39, 0.29) is 11.9 Å². The first kappa shape index (κ1) is 18.0. The van der Waals surface area contributed by atoms with E-state index >= 15 is 0 Å². The summed E-state index contributed by atoms with van der Waals surface area (Å²) in [5, 5.41) is 6.33. The maximum atomic E-state index is 12.5. The highest BCUT2D eigenvalue weighted by Crippen LogP contribution is 2.31. The molecule has 138 valence electrons. The number of nitrogens with zero attached hydrogens (tertiary/aromatic N) is 1. The summed E-state index contributed by atoms with van der Waals surface area (Å²) in [5.41, 5.74) is 1.32. The zero-order valence-corrected chi connectivity index (χ0v) is 15.2. The SMILES string of the molecule is COc1ccc(OC)c(Nc2cc(C(=O)NC3CCCCC3)ccn2)c1. The Hall–Kier alpha value is -2.76. The maximum absolute atomic E-state index is 12.5. The predicted octanol–water partition coefficient (Wildman–Crippen LogP) is 3.90. The van der Waals surface area contributed by atoms with Gasteiger partial charge in [-0.25, -0.2) is 4.98 Å². The van der Waals surface area contributed by atoms with Crippen molar-refractivity contribution in [2.45, 2.75) is 38.1 Å². The summed E-state index contributed by atoms with van der Waals surface area (Å²) in [6.45, 7) is 0. The molecule has 0 bridgehead atoms. The van der Waals surface area contributed by atoms with Crippen LogP contribution in [0, 0.1) is 0 Å². The Morgan fingerprint density at radius 1 is 1.08 bits per heavy atom. The van der Waals surface area contributed by atoms with E-state index in [1.807, 2.05) is 18.2 Å². The van der Waals surface area contributed by atoms with Gasteiger partial charge in [-0.2, -0.15) is 0 Å². The summed E-state index contributed by atoms with van der Waals surface area (Å²) in [7, 11) is 3.22. The minimum atomic E-state index is -0.0556. The molecule has 0 saturated heterocycles. The highest BCUT2D eigenvalue weighted by atomic mass is 16.5. The lowest BCUT2D eigenvalue weighted by molar-refractivity contribution is 0.0927. The molecule has 6 heteroatoms. The van der Waals surface area contributed by atoms with Gasteiger partial charge < -0.3 is 20.1 Å². The predicted molar refractivity (Wildman–Crippen MR) is 101 cm³/mol. The van der Waals surface area contributed by atoms with E-state index < -0.39 is 0 Å². The summed E-state index contributed by atoms with van der Waals surface area (Å²) in [6, 6.07) is 9.23. The Bertz CT molecular complexity index is 758. The molecule has 6 nitrogen and oxygen atoms in total. The number of hydrogen-bond donors (Lipinski definition) is 2. The van der Waals surface area contributed by atoms with Crippen LogP contribution in [-0.2, 0) is 0 Å². The molecule has 2 N–H and O–H groups in total. The quantitative estimate of drug-likeness (QED) is 0.822. The molecular weight excluding hydrogens is 330 g/mol. The van der Waals surface area contributed by atoms with E-state index in [4.69, 9.17) is 9.47 Å². The average Bonchev–Trinajstić information content (AvgIpc) is 2.69. The summed E-state index contributed by atoms with van der Waals surface area (Å²) in [6.07, 6.45) is 7.38. The normalized spacial score (nSPS) is 14.5. The lowest BCUT2D eigenvalue weighted by Gasteiger charge is -2.22. The molecule has 1 aromatic heterocycles. The van der Waals surface area contributed by atoms with Crippen LogP contribution in [0.15, 0.2) is 36.5 Å². The first-order chi connectivity index (χ1) is 12.7. The van der Waals surface area contributed by atoms with Crippen LogP contribution in [0.4, 0.5) is 11.5 Å². The van der Waals surface area contributed by atoms with Gasteiger partial charge in [-0.15, -0.1) is 0 Å². The van der Waals surface area contributed by atoms with Crippen molar-refractivity contribution in [2.75, 3.05) is 19.5 Å². The van der Waals surface area contributed by atoms with Crippen molar-refractivity contribution in [1.82, 2.24) is 10.3 Å². The van der Waals surface area contributed by atoms with E-state index in [2.05, 4.69) is 15.6 Å². The van der Waals surface area contributed by atoms with Crippen LogP contribution >= 0.6 is 0 Å². The van der Waals surface area contributed by atoms with Gasteiger partial charge in [0.2, 0.25) is 0 Å². The number of rotatable bonds is 6. The molecular formula is C20H25N3O3. The van der Waals surface area contributed by atoms with Crippen molar-refractivity contribution in [2.24, 2.45) is 0 Å². The van der Waals surface area contributed by atoms with Crippen molar-refractivity contribution in [3.8, 4) is 11.5 Å².